The van der Waals surface area contributed by atoms with E-state index in [1.54, 1.807) is 11.3 Å². The third kappa shape index (κ3) is 1.62. The van der Waals surface area contributed by atoms with Gasteiger partial charge in [0, 0.05) is 0 Å². The maximum atomic E-state index is 6.77. The highest BCUT2D eigenvalue weighted by molar-refractivity contribution is 7.37. The van der Waals surface area contributed by atoms with Gasteiger partial charge in [-0.05, 0) is 73.1 Å². The molecule has 6 rings (SSSR count). The van der Waals surface area contributed by atoms with Crippen LogP contribution in [0.1, 0.15) is 49.6 Å². The number of thiophene rings is 1. The van der Waals surface area contributed by atoms with Gasteiger partial charge >= 0.3 is 0 Å². The molecule has 4 fully saturated rings. The number of nitrogens with two attached hydrogens (primary N) is 1. The monoisotopic (exact) mass is 304 g/mol. The Hall–Kier alpha value is -0.450. The second-order valence-corrected chi connectivity index (χ2v) is 9.61. The third-order valence-corrected chi connectivity index (χ3v) is 8.23. The first kappa shape index (κ1) is 12.1. The maximum Gasteiger partial charge on any atom is 0.112 e. The van der Waals surface area contributed by atoms with Gasteiger partial charge in [0.15, 0.2) is 0 Å². The molecule has 2 aromatic rings. The average Bonchev–Trinajstić information content (AvgIpc) is 2.96. The van der Waals surface area contributed by atoms with E-state index >= 15 is 0 Å². The molecule has 4 aliphatic carbocycles. The van der Waals surface area contributed by atoms with E-state index in [-0.39, 0.29) is 6.04 Å². The van der Waals surface area contributed by atoms with Crippen LogP contribution in [-0.2, 0) is 0 Å². The van der Waals surface area contributed by atoms with E-state index in [4.69, 9.17) is 10.7 Å². The molecular formula is C16H20N2S2. The van der Waals surface area contributed by atoms with Crippen molar-refractivity contribution in [2.24, 2.45) is 28.9 Å². The smallest absolute Gasteiger partial charge is 0.112 e. The molecule has 4 heteroatoms. The van der Waals surface area contributed by atoms with Gasteiger partial charge < -0.3 is 5.73 Å². The van der Waals surface area contributed by atoms with Crippen molar-refractivity contribution in [2.45, 2.75) is 44.6 Å². The van der Waals surface area contributed by atoms with E-state index in [1.165, 1.54) is 47.5 Å². The molecule has 0 aromatic carbocycles. The van der Waals surface area contributed by atoms with Crippen LogP contribution >= 0.6 is 22.7 Å². The molecule has 0 saturated heterocycles. The summed E-state index contributed by atoms with van der Waals surface area (Å²) in [7, 11) is 0. The minimum absolute atomic E-state index is 0.181. The lowest BCUT2D eigenvalue weighted by Crippen LogP contribution is -2.50. The Morgan fingerprint density at radius 1 is 1.15 bits per heavy atom. The molecule has 0 radical (unpaired) electrons. The van der Waals surface area contributed by atoms with E-state index in [1.807, 2.05) is 11.3 Å². The fourth-order valence-corrected chi connectivity index (χ4v) is 7.74. The summed E-state index contributed by atoms with van der Waals surface area (Å²) in [6.07, 6.45) is 8.56. The molecule has 4 bridgehead atoms. The third-order valence-electron chi connectivity index (χ3n) is 6.05. The van der Waals surface area contributed by atoms with Crippen molar-refractivity contribution in [2.75, 3.05) is 0 Å². The van der Waals surface area contributed by atoms with E-state index in [9.17, 15) is 0 Å². The first-order chi connectivity index (χ1) is 9.72. The molecule has 0 aliphatic heterocycles. The normalized spacial score (nSPS) is 40.5. The number of hydrogen-bond donors (Lipinski definition) is 1. The number of hydrogen-bond acceptors (Lipinski definition) is 4. The first-order valence-electron chi connectivity index (χ1n) is 7.81. The van der Waals surface area contributed by atoms with Crippen LogP contribution in [0.15, 0.2) is 11.4 Å². The zero-order valence-corrected chi connectivity index (χ0v) is 13.2. The molecule has 2 N–H and O–H groups in total. The van der Waals surface area contributed by atoms with Crippen molar-refractivity contribution in [3.8, 4) is 0 Å². The van der Waals surface area contributed by atoms with Crippen LogP contribution in [0.3, 0.4) is 0 Å². The van der Waals surface area contributed by atoms with Gasteiger partial charge in [-0.3, -0.25) is 0 Å². The zero-order valence-electron chi connectivity index (χ0n) is 11.5. The molecule has 4 saturated carbocycles. The predicted octanol–water partition coefficient (Wildman–Crippen LogP) is 4.57. The number of fused-ring (bicyclic) bond motifs is 1. The van der Waals surface area contributed by atoms with Crippen molar-refractivity contribution in [3.63, 3.8) is 0 Å². The minimum atomic E-state index is 0.181. The molecule has 0 amide bonds. The van der Waals surface area contributed by atoms with Gasteiger partial charge in [-0.1, -0.05) is 0 Å². The quantitative estimate of drug-likeness (QED) is 0.882. The second-order valence-electron chi connectivity index (χ2n) is 7.40. The van der Waals surface area contributed by atoms with Crippen LogP contribution in [0, 0.1) is 23.2 Å². The van der Waals surface area contributed by atoms with Crippen molar-refractivity contribution < 1.29 is 0 Å². The van der Waals surface area contributed by atoms with Crippen LogP contribution < -0.4 is 5.73 Å². The molecule has 20 heavy (non-hydrogen) atoms. The Labute approximate surface area is 127 Å². The summed E-state index contributed by atoms with van der Waals surface area (Å²) in [6.45, 7) is 0. The highest BCUT2D eigenvalue weighted by Crippen LogP contribution is 2.63. The summed E-state index contributed by atoms with van der Waals surface area (Å²) < 4.78 is 1.35. The molecule has 2 heterocycles. The van der Waals surface area contributed by atoms with Gasteiger partial charge in [-0.2, -0.15) is 0 Å². The Kier molecular flexibility index (Phi) is 2.46. The summed E-state index contributed by atoms with van der Waals surface area (Å²) in [5.74, 6) is 2.90. The average molecular weight is 304 g/mol. The lowest BCUT2D eigenvalue weighted by molar-refractivity contribution is -0.0677. The van der Waals surface area contributed by atoms with Crippen LogP contribution in [0.4, 0.5) is 0 Å². The number of rotatable bonds is 2. The standard InChI is InChI=1S/C16H20N2S2/c17-13(14-18-12-1-2-19-15(12)20-14)16-6-9-3-10(7-16)5-11(4-9)8-16/h1-2,9-11,13H,3-8,17H2. The highest BCUT2D eigenvalue weighted by Gasteiger charge is 2.54. The van der Waals surface area contributed by atoms with Crippen LogP contribution in [0.5, 0.6) is 0 Å². The van der Waals surface area contributed by atoms with Gasteiger partial charge in [0.1, 0.15) is 9.02 Å². The highest BCUT2D eigenvalue weighted by atomic mass is 32.2. The van der Waals surface area contributed by atoms with Crippen LogP contribution in [0.25, 0.3) is 9.53 Å². The Morgan fingerprint density at radius 3 is 2.40 bits per heavy atom. The molecule has 2 nitrogen and oxygen atoms in total. The summed E-state index contributed by atoms with van der Waals surface area (Å²) in [4.78, 5) is 4.83. The van der Waals surface area contributed by atoms with Crippen molar-refractivity contribution >= 4 is 32.2 Å². The Bertz CT molecular complexity index is 592. The lowest BCUT2D eigenvalue weighted by atomic mass is 9.48. The molecule has 106 valence electrons. The molecule has 4 aliphatic rings. The largest absolute Gasteiger partial charge is 0.322 e. The Morgan fingerprint density at radius 2 is 1.80 bits per heavy atom. The van der Waals surface area contributed by atoms with Gasteiger partial charge in [0.2, 0.25) is 0 Å². The fourth-order valence-electron chi connectivity index (χ4n) is 5.64. The van der Waals surface area contributed by atoms with E-state index in [0.717, 1.165) is 23.3 Å². The van der Waals surface area contributed by atoms with Crippen molar-refractivity contribution in [1.29, 1.82) is 0 Å². The molecule has 2 aromatic heterocycles. The predicted molar refractivity (Wildman–Crippen MR) is 85.0 cm³/mol. The van der Waals surface area contributed by atoms with Crippen LogP contribution in [-0.4, -0.2) is 4.98 Å². The van der Waals surface area contributed by atoms with E-state index < -0.39 is 0 Å². The van der Waals surface area contributed by atoms with Crippen LogP contribution in [0.2, 0.25) is 0 Å². The first-order valence-corrected chi connectivity index (χ1v) is 9.51. The molecule has 0 spiro atoms. The SMILES string of the molecule is NC(c1nc2ccsc2s1)C12CC3CC(CC(C3)C1)C2. The summed E-state index contributed by atoms with van der Waals surface area (Å²) >= 11 is 3.65. The van der Waals surface area contributed by atoms with Crippen molar-refractivity contribution in [1.82, 2.24) is 4.98 Å². The molecule has 1 atom stereocenters. The van der Waals surface area contributed by atoms with Gasteiger partial charge in [-0.15, -0.1) is 22.7 Å². The van der Waals surface area contributed by atoms with Gasteiger partial charge in [-0.25, -0.2) is 4.98 Å². The van der Waals surface area contributed by atoms with Crippen molar-refractivity contribution in [3.05, 3.63) is 16.5 Å². The number of thiazole rings is 1. The molecule has 1 unspecified atom stereocenters. The number of nitrogens with zero attached hydrogens (tertiary/aromatic N) is 1. The summed E-state index contributed by atoms with van der Waals surface area (Å²) in [6, 6.07) is 2.31. The second kappa shape index (κ2) is 4.05. The van der Waals surface area contributed by atoms with E-state index in [2.05, 4.69) is 11.4 Å². The van der Waals surface area contributed by atoms with Gasteiger partial charge in [0.05, 0.1) is 11.6 Å². The van der Waals surface area contributed by atoms with E-state index in [0.29, 0.717) is 5.41 Å². The van der Waals surface area contributed by atoms with Gasteiger partial charge in [0.25, 0.3) is 0 Å². The maximum absolute atomic E-state index is 6.77. The Balaban J connectivity index is 1.53. The summed E-state index contributed by atoms with van der Waals surface area (Å²) in [5.41, 5.74) is 8.32. The number of aromatic nitrogens is 1. The summed E-state index contributed by atoms with van der Waals surface area (Å²) in [5, 5.41) is 3.34. The zero-order chi connectivity index (χ0) is 13.3. The topological polar surface area (TPSA) is 38.9 Å². The lowest BCUT2D eigenvalue weighted by Gasteiger charge is -2.58. The minimum Gasteiger partial charge on any atom is -0.322 e. The fraction of sp³-hybridized carbons (Fsp3) is 0.688. The molecular weight excluding hydrogens is 284 g/mol.